The molecule has 2 heterocycles. The second kappa shape index (κ2) is 8.01. The minimum absolute atomic E-state index is 0.108. The van der Waals surface area contributed by atoms with E-state index in [0.29, 0.717) is 11.9 Å². The Morgan fingerprint density at radius 1 is 1.46 bits per heavy atom. The normalized spacial score (nSPS) is 16.3. The highest BCUT2D eigenvalue weighted by atomic mass is 35.5. The minimum Gasteiger partial charge on any atom is -0.479 e. The van der Waals surface area contributed by atoms with Crippen molar-refractivity contribution in [2.75, 3.05) is 18.4 Å². The Balaban J connectivity index is 1.64. The monoisotopic (exact) mass is 381 g/mol. The third-order valence-electron chi connectivity index (χ3n) is 4.29. The lowest BCUT2D eigenvalue weighted by Crippen LogP contribution is -2.31. The van der Waals surface area contributed by atoms with Crippen LogP contribution < -0.4 is 15.4 Å². The third kappa shape index (κ3) is 4.31. The summed E-state index contributed by atoms with van der Waals surface area (Å²) in [6.07, 6.45) is 1.11. The van der Waals surface area contributed by atoms with Crippen LogP contribution in [0.4, 0.5) is 10.3 Å². The van der Waals surface area contributed by atoms with Crippen LogP contribution in [-0.2, 0) is 11.8 Å². The van der Waals surface area contributed by atoms with Gasteiger partial charge >= 0.3 is 0 Å². The first kappa shape index (κ1) is 18.6. The van der Waals surface area contributed by atoms with Gasteiger partial charge in [0.25, 0.3) is 5.91 Å². The van der Waals surface area contributed by atoms with E-state index in [1.54, 1.807) is 18.7 Å². The first-order valence-corrected chi connectivity index (χ1v) is 8.86. The van der Waals surface area contributed by atoms with Gasteiger partial charge in [0.05, 0.1) is 5.02 Å². The molecular weight excluding hydrogens is 361 g/mol. The first-order valence-electron chi connectivity index (χ1n) is 8.48. The lowest BCUT2D eigenvalue weighted by Gasteiger charge is -2.19. The van der Waals surface area contributed by atoms with Gasteiger partial charge in [-0.3, -0.25) is 10.1 Å². The molecule has 140 valence electrons. The van der Waals surface area contributed by atoms with Gasteiger partial charge in [0.1, 0.15) is 11.6 Å². The number of nitrogens with one attached hydrogen (secondary N) is 2. The summed E-state index contributed by atoms with van der Waals surface area (Å²) >= 11 is 5.92. The SMILES string of the molecule is CC(Oc1ccc(F)cc1Cl)C(=O)Nc1nc(C2CCNCC2)nn1C. The van der Waals surface area contributed by atoms with E-state index in [-0.39, 0.29) is 10.8 Å². The van der Waals surface area contributed by atoms with Crippen molar-refractivity contribution in [3.05, 3.63) is 34.9 Å². The maximum atomic E-state index is 13.1. The fraction of sp³-hybridized carbons (Fsp3) is 0.471. The van der Waals surface area contributed by atoms with Crippen LogP contribution in [0.5, 0.6) is 5.75 Å². The molecule has 1 atom stereocenters. The number of carbonyl (C=O) groups is 1. The summed E-state index contributed by atoms with van der Waals surface area (Å²) < 4.78 is 20.2. The smallest absolute Gasteiger partial charge is 0.267 e. The number of ether oxygens (including phenoxy) is 1. The van der Waals surface area contributed by atoms with Crippen LogP contribution in [0.1, 0.15) is 31.5 Å². The largest absolute Gasteiger partial charge is 0.479 e. The average molecular weight is 382 g/mol. The van der Waals surface area contributed by atoms with Crippen molar-refractivity contribution in [1.29, 1.82) is 0 Å². The van der Waals surface area contributed by atoms with Crippen molar-refractivity contribution in [2.45, 2.75) is 31.8 Å². The highest BCUT2D eigenvalue weighted by molar-refractivity contribution is 6.32. The van der Waals surface area contributed by atoms with Gasteiger partial charge < -0.3 is 10.1 Å². The van der Waals surface area contributed by atoms with Crippen LogP contribution in [0.2, 0.25) is 5.02 Å². The number of amides is 1. The van der Waals surface area contributed by atoms with Gasteiger partial charge in [-0.05, 0) is 51.1 Å². The minimum atomic E-state index is -0.836. The highest BCUT2D eigenvalue weighted by Gasteiger charge is 2.23. The summed E-state index contributed by atoms with van der Waals surface area (Å²) in [5.41, 5.74) is 0. The van der Waals surface area contributed by atoms with Crippen molar-refractivity contribution >= 4 is 23.5 Å². The number of aryl methyl sites for hydroxylation is 1. The lowest BCUT2D eigenvalue weighted by molar-refractivity contribution is -0.122. The Morgan fingerprint density at radius 2 is 2.19 bits per heavy atom. The number of hydrogen-bond acceptors (Lipinski definition) is 5. The Labute approximate surface area is 155 Å². The number of hydrogen-bond donors (Lipinski definition) is 2. The van der Waals surface area contributed by atoms with Gasteiger partial charge in [0.15, 0.2) is 11.9 Å². The molecule has 1 fully saturated rings. The van der Waals surface area contributed by atoms with E-state index in [9.17, 15) is 9.18 Å². The van der Waals surface area contributed by atoms with E-state index in [1.807, 2.05) is 0 Å². The average Bonchev–Trinajstić information content (AvgIpc) is 2.98. The van der Waals surface area contributed by atoms with Crippen LogP contribution in [0.15, 0.2) is 18.2 Å². The number of anilines is 1. The van der Waals surface area contributed by atoms with Crippen molar-refractivity contribution in [2.24, 2.45) is 7.05 Å². The zero-order valence-corrected chi connectivity index (χ0v) is 15.4. The Morgan fingerprint density at radius 3 is 2.88 bits per heavy atom. The number of nitrogens with zero attached hydrogens (tertiary/aromatic N) is 3. The molecule has 1 saturated heterocycles. The van der Waals surface area contributed by atoms with Crippen LogP contribution in [0.25, 0.3) is 0 Å². The molecule has 1 aromatic heterocycles. The molecule has 0 bridgehead atoms. The molecule has 1 aromatic carbocycles. The Kier molecular flexibility index (Phi) is 5.73. The molecule has 0 aliphatic carbocycles. The molecule has 7 nitrogen and oxygen atoms in total. The van der Waals surface area contributed by atoms with E-state index in [1.165, 1.54) is 12.1 Å². The molecule has 26 heavy (non-hydrogen) atoms. The number of benzene rings is 1. The fourth-order valence-corrected chi connectivity index (χ4v) is 3.00. The molecule has 2 aromatic rings. The van der Waals surface area contributed by atoms with Gasteiger partial charge in [0, 0.05) is 13.0 Å². The van der Waals surface area contributed by atoms with E-state index in [0.717, 1.165) is 37.8 Å². The predicted molar refractivity (Wildman–Crippen MR) is 96.0 cm³/mol. The standard InChI is InChI=1S/C17H21ClFN5O2/c1-10(26-14-4-3-12(19)9-13(14)18)16(25)22-17-21-15(23-24(17)2)11-5-7-20-8-6-11/h3-4,9-11,20H,5-8H2,1-2H3,(H,21,22,23,25). The van der Waals surface area contributed by atoms with Crippen LogP contribution in [0, 0.1) is 5.82 Å². The van der Waals surface area contributed by atoms with E-state index >= 15 is 0 Å². The lowest BCUT2D eigenvalue weighted by atomic mass is 9.98. The summed E-state index contributed by atoms with van der Waals surface area (Å²) in [6, 6.07) is 3.74. The van der Waals surface area contributed by atoms with Crippen LogP contribution in [-0.4, -0.2) is 39.9 Å². The number of piperidine rings is 1. The summed E-state index contributed by atoms with van der Waals surface area (Å²) in [5.74, 6) is 0.772. The third-order valence-corrected chi connectivity index (χ3v) is 4.58. The molecule has 1 unspecified atom stereocenters. The van der Waals surface area contributed by atoms with E-state index in [4.69, 9.17) is 16.3 Å². The van der Waals surface area contributed by atoms with Gasteiger partial charge in [-0.1, -0.05) is 11.6 Å². The molecule has 3 rings (SSSR count). The van der Waals surface area contributed by atoms with E-state index in [2.05, 4.69) is 20.7 Å². The molecule has 0 spiro atoms. The van der Waals surface area contributed by atoms with Crippen molar-refractivity contribution in [3.8, 4) is 5.75 Å². The molecule has 0 saturated carbocycles. The highest BCUT2D eigenvalue weighted by Crippen LogP contribution is 2.26. The maximum absolute atomic E-state index is 13.1. The molecule has 1 amide bonds. The van der Waals surface area contributed by atoms with Gasteiger partial charge in [-0.15, -0.1) is 0 Å². The summed E-state index contributed by atoms with van der Waals surface area (Å²) in [4.78, 5) is 16.8. The molecule has 9 heteroatoms. The number of halogens is 2. The number of carbonyl (C=O) groups excluding carboxylic acids is 1. The zero-order chi connectivity index (χ0) is 18.7. The van der Waals surface area contributed by atoms with E-state index < -0.39 is 17.8 Å². The maximum Gasteiger partial charge on any atom is 0.267 e. The summed E-state index contributed by atoms with van der Waals surface area (Å²) in [6.45, 7) is 3.46. The van der Waals surface area contributed by atoms with Gasteiger partial charge in [-0.2, -0.15) is 10.1 Å². The van der Waals surface area contributed by atoms with Crippen molar-refractivity contribution in [3.63, 3.8) is 0 Å². The number of aromatic nitrogens is 3. The van der Waals surface area contributed by atoms with Crippen LogP contribution >= 0.6 is 11.6 Å². The second-order valence-corrected chi connectivity index (χ2v) is 6.67. The fourth-order valence-electron chi connectivity index (χ4n) is 2.79. The molecule has 0 radical (unpaired) electrons. The molecular formula is C17H21ClFN5O2. The quantitative estimate of drug-likeness (QED) is 0.831. The first-order chi connectivity index (χ1) is 12.4. The molecule has 1 aliphatic rings. The summed E-state index contributed by atoms with van der Waals surface area (Å²) in [5, 5.41) is 10.5. The van der Waals surface area contributed by atoms with Crippen molar-refractivity contribution in [1.82, 2.24) is 20.1 Å². The van der Waals surface area contributed by atoms with Crippen LogP contribution in [0.3, 0.4) is 0 Å². The Hall–Kier alpha value is -2.19. The topological polar surface area (TPSA) is 81.1 Å². The second-order valence-electron chi connectivity index (χ2n) is 6.27. The van der Waals surface area contributed by atoms with Gasteiger partial charge in [0.2, 0.25) is 5.95 Å². The molecule has 2 N–H and O–H groups in total. The molecule has 1 aliphatic heterocycles. The number of rotatable bonds is 5. The Bertz CT molecular complexity index is 791. The summed E-state index contributed by atoms with van der Waals surface area (Å²) in [7, 11) is 1.73. The van der Waals surface area contributed by atoms with Gasteiger partial charge in [-0.25, -0.2) is 9.07 Å². The zero-order valence-electron chi connectivity index (χ0n) is 14.6. The predicted octanol–water partition coefficient (Wildman–Crippen LogP) is 2.48. The van der Waals surface area contributed by atoms with Crippen molar-refractivity contribution < 1.29 is 13.9 Å².